The van der Waals surface area contributed by atoms with Gasteiger partial charge in [-0.15, -0.1) is 10.2 Å². The topological polar surface area (TPSA) is 94.3 Å². The lowest BCUT2D eigenvalue weighted by atomic mass is 10.1. The minimum Gasteiger partial charge on any atom is -0.464 e. The van der Waals surface area contributed by atoms with Gasteiger partial charge in [-0.05, 0) is 38.1 Å². The van der Waals surface area contributed by atoms with Gasteiger partial charge in [0.1, 0.15) is 0 Å². The Bertz CT molecular complexity index is 920. The summed E-state index contributed by atoms with van der Waals surface area (Å²) in [4.78, 5) is 24.8. The molecular formula is C20H19N3O4. The molecule has 0 radical (unpaired) electrons. The molecule has 1 atom stereocenters. The Hall–Kier alpha value is -3.48. The molecule has 7 nitrogen and oxygen atoms in total. The Morgan fingerprint density at radius 2 is 1.78 bits per heavy atom. The molecule has 1 N–H and O–H groups in total. The third kappa shape index (κ3) is 4.38. The zero-order chi connectivity index (χ0) is 19.2. The maximum Gasteiger partial charge on any atom is 0.338 e. The van der Waals surface area contributed by atoms with Crippen molar-refractivity contribution in [2.45, 2.75) is 19.9 Å². The quantitative estimate of drug-likeness (QED) is 0.675. The second-order valence-electron chi connectivity index (χ2n) is 5.84. The van der Waals surface area contributed by atoms with Gasteiger partial charge < -0.3 is 14.5 Å². The SMILES string of the molecule is CCOC(=O)[C@H](NC(=O)c1ccccc1)c1nnc(-c2ccc(C)cc2)o1. The van der Waals surface area contributed by atoms with E-state index in [9.17, 15) is 9.59 Å². The minimum atomic E-state index is -1.19. The summed E-state index contributed by atoms with van der Waals surface area (Å²) in [7, 11) is 0. The average Bonchev–Trinajstić information content (AvgIpc) is 3.17. The van der Waals surface area contributed by atoms with Crippen LogP contribution in [0.1, 0.15) is 34.8 Å². The van der Waals surface area contributed by atoms with E-state index in [4.69, 9.17) is 9.15 Å². The average molecular weight is 365 g/mol. The third-order valence-electron chi connectivity index (χ3n) is 3.82. The molecule has 7 heteroatoms. The largest absolute Gasteiger partial charge is 0.464 e. The maximum absolute atomic E-state index is 12.4. The van der Waals surface area contributed by atoms with Crippen LogP contribution < -0.4 is 5.32 Å². The number of rotatable bonds is 6. The molecule has 0 aliphatic carbocycles. The van der Waals surface area contributed by atoms with Gasteiger partial charge in [-0.3, -0.25) is 4.79 Å². The zero-order valence-electron chi connectivity index (χ0n) is 15.0. The first-order valence-corrected chi connectivity index (χ1v) is 8.51. The number of nitrogens with one attached hydrogen (secondary N) is 1. The molecule has 1 aromatic heterocycles. The highest BCUT2D eigenvalue weighted by Crippen LogP contribution is 2.22. The van der Waals surface area contributed by atoms with Gasteiger partial charge in [0.2, 0.25) is 11.9 Å². The van der Waals surface area contributed by atoms with Crippen molar-refractivity contribution in [3.63, 3.8) is 0 Å². The van der Waals surface area contributed by atoms with Gasteiger partial charge in [0.25, 0.3) is 11.8 Å². The Kier molecular flexibility index (Phi) is 5.61. The molecule has 0 saturated carbocycles. The highest BCUT2D eigenvalue weighted by Gasteiger charge is 2.30. The van der Waals surface area contributed by atoms with Crippen LogP contribution in [0.3, 0.4) is 0 Å². The molecule has 1 amide bonds. The van der Waals surface area contributed by atoms with E-state index in [2.05, 4.69) is 15.5 Å². The summed E-state index contributed by atoms with van der Waals surface area (Å²) < 4.78 is 10.7. The second kappa shape index (κ2) is 8.27. The standard InChI is InChI=1S/C20H19N3O4/c1-3-26-20(25)16(21-17(24)14-7-5-4-6-8-14)19-23-22-18(27-19)15-11-9-13(2)10-12-15/h4-12,16H,3H2,1-2H3,(H,21,24)/t16-/m1/s1. The molecular weight excluding hydrogens is 346 g/mol. The fraction of sp³-hybridized carbons (Fsp3) is 0.200. The summed E-state index contributed by atoms with van der Waals surface area (Å²) in [6, 6.07) is 14.9. The first kappa shape index (κ1) is 18.3. The van der Waals surface area contributed by atoms with Crippen LogP contribution in [0.25, 0.3) is 11.5 Å². The molecule has 0 saturated heterocycles. The van der Waals surface area contributed by atoms with Crippen molar-refractivity contribution < 1.29 is 18.7 Å². The predicted octanol–water partition coefficient (Wildman–Crippen LogP) is 3.08. The van der Waals surface area contributed by atoms with Crippen LogP contribution in [0, 0.1) is 6.92 Å². The number of amides is 1. The molecule has 0 bridgehead atoms. The summed E-state index contributed by atoms with van der Waals surface area (Å²) in [5, 5.41) is 10.5. The Balaban J connectivity index is 1.86. The fourth-order valence-corrected chi connectivity index (χ4v) is 2.42. The van der Waals surface area contributed by atoms with E-state index in [-0.39, 0.29) is 18.4 Å². The molecule has 138 valence electrons. The lowest BCUT2D eigenvalue weighted by Gasteiger charge is -2.13. The molecule has 3 aromatic rings. The minimum absolute atomic E-state index is 0.0340. The summed E-state index contributed by atoms with van der Waals surface area (Å²) in [5.41, 5.74) is 2.22. The normalized spacial score (nSPS) is 11.6. The van der Waals surface area contributed by atoms with Crippen LogP contribution in [0.15, 0.2) is 59.0 Å². The maximum atomic E-state index is 12.4. The molecule has 27 heavy (non-hydrogen) atoms. The van der Waals surface area contributed by atoms with Gasteiger partial charge in [-0.2, -0.15) is 0 Å². The third-order valence-corrected chi connectivity index (χ3v) is 3.82. The Morgan fingerprint density at radius 3 is 2.44 bits per heavy atom. The van der Waals surface area contributed by atoms with Gasteiger partial charge in [0, 0.05) is 11.1 Å². The lowest BCUT2D eigenvalue weighted by Crippen LogP contribution is -2.35. The van der Waals surface area contributed by atoms with Crippen LogP contribution in [-0.4, -0.2) is 28.7 Å². The summed E-state index contributed by atoms with van der Waals surface area (Å²) >= 11 is 0. The molecule has 0 aliphatic rings. The zero-order valence-corrected chi connectivity index (χ0v) is 15.0. The van der Waals surface area contributed by atoms with E-state index in [1.165, 1.54) is 0 Å². The van der Waals surface area contributed by atoms with Crippen molar-refractivity contribution in [2.75, 3.05) is 6.61 Å². The molecule has 0 unspecified atom stereocenters. The van der Waals surface area contributed by atoms with Gasteiger partial charge >= 0.3 is 5.97 Å². The highest BCUT2D eigenvalue weighted by atomic mass is 16.5. The van der Waals surface area contributed by atoms with E-state index in [1.807, 2.05) is 31.2 Å². The monoisotopic (exact) mass is 365 g/mol. The summed E-state index contributed by atoms with van der Waals surface area (Å²) in [6.45, 7) is 3.81. The lowest BCUT2D eigenvalue weighted by molar-refractivity contribution is -0.146. The fourth-order valence-electron chi connectivity index (χ4n) is 2.42. The van der Waals surface area contributed by atoms with Crippen molar-refractivity contribution >= 4 is 11.9 Å². The van der Waals surface area contributed by atoms with Crippen LogP contribution in [0.2, 0.25) is 0 Å². The smallest absolute Gasteiger partial charge is 0.338 e. The molecule has 1 heterocycles. The number of nitrogens with zero attached hydrogens (tertiary/aromatic N) is 2. The van der Waals surface area contributed by atoms with Crippen LogP contribution >= 0.6 is 0 Å². The Labute approximate surface area is 156 Å². The summed E-state index contributed by atoms with van der Waals surface area (Å²) in [5.74, 6) is -0.883. The van der Waals surface area contributed by atoms with Gasteiger partial charge in [0.05, 0.1) is 6.61 Å². The van der Waals surface area contributed by atoms with Crippen molar-refractivity contribution in [3.8, 4) is 11.5 Å². The van der Waals surface area contributed by atoms with Gasteiger partial charge in [0.15, 0.2) is 0 Å². The Morgan fingerprint density at radius 1 is 1.07 bits per heavy atom. The van der Waals surface area contributed by atoms with Crippen molar-refractivity contribution in [1.82, 2.24) is 15.5 Å². The number of benzene rings is 2. The molecule has 0 fully saturated rings. The molecule has 2 aromatic carbocycles. The number of hydrogen-bond acceptors (Lipinski definition) is 6. The van der Waals surface area contributed by atoms with E-state index in [0.717, 1.165) is 11.1 Å². The second-order valence-corrected chi connectivity index (χ2v) is 5.84. The van der Waals surface area contributed by atoms with E-state index in [0.29, 0.717) is 5.56 Å². The number of carbonyl (C=O) groups is 2. The number of aromatic nitrogens is 2. The van der Waals surface area contributed by atoms with E-state index in [1.54, 1.807) is 37.3 Å². The molecule has 0 aliphatic heterocycles. The van der Waals surface area contributed by atoms with Crippen LogP contribution in [-0.2, 0) is 9.53 Å². The number of hydrogen-bond donors (Lipinski definition) is 1. The number of carbonyl (C=O) groups excluding carboxylic acids is 2. The summed E-state index contributed by atoms with van der Waals surface area (Å²) in [6.07, 6.45) is 0. The van der Waals surface area contributed by atoms with E-state index >= 15 is 0 Å². The van der Waals surface area contributed by atoms with Crippen molar-refractivity contribution in [2.24, 2.45) is 0 Å². The van der Waals surface area contributed by atoms with Crippen LogP contribution in [0.4, 0.5) is 0 Å². The molecule has 3 rings (SSSR count). The van der Waals surface area contributed by atoms with Gasteiger partial charge in [-0.1, -0.05) is 35.9 Å². The van der Waals surface area contributed by atoms with Crippen molar-refractivity contribution in [1.29, 1.82) is 0 Å². The molecule has 0 spiro atoms. The number of esters is 1. The van der Waals surface area contributed by atoms with E-state index < -0.39 is 17.9 Å². The highest BCUT2D eigenvalue weighted by molar-refractivity contribution is 5.96. The van der Waals surface area contributed by atoms with Crippen molar-refractivity contribution in [3.05, 3.63) is 71.6 Å². The first-order valence-electron chi connectivity index (χ1n) is 8.51. The van der Waals surface area contributed by atoms with Crippen LogP contribution in [0.5, 0.6) is 0 Å². The first-order chi connectivity index (χ1) is 13.1. The number of aryl methyl sites for hydroxylation is 1. The number of ether oxygens (including phenoxy) is 1. The predicted molar refractivity (Wildman–Crippen MR) is 97.8 cm³/mol. The van der Waals surface area contributed by atoms with Gasteiger partial charge in [-0.25, -0.2) is 4.79 Å².